The van der Waals surface area contributed by atoms with Crippen LogP contribution in [-0.4, -0.2) is 60.1 Å². The molecule has 82 valence electrons. The molecule has 1 aliphatic rings. The van der Waals surface area contributed by atoms with Crippen molar-refractivity contribution in [2.24, 2.45) is 0 Å². The van der Waals surface area contributed by atoms with E-state index in [1.807, 2.05) is 6.92 Å². The summed E-state index contributed by atoms with van der Waals surface area (Å²) in [4.78, 5) is 15.3. The summed E-state index contributed by atoms with van der Waals surface area (Å²) in [6.45, 7) is 5.78. The van der Waals surface area contributed by atoms with Gasteiger partial charge in [-0.15, -0.1) is 0 Å². The monoisotopic (exact) mass is 200 g/mol. The Labute approximate surface area is 85.5 Å². The maximum absolute atomic E-state index is 11.0. The molecule has 1 atom stereocenters. The number of carboxylic acids is 1. The molecule has 0 aromatic carbocycles. The molecule has 4 heteroatoms. The zero-order valence-electron chi connectivity index (χ0n) is 9.07. The van der Waals surface area contributed by atoms with Gasteiger partial charge in [-0.1, -0.05) is 6.92 Å². The molecular weight excluding hydrogens is 180 g/mol. The summed E-state index contributed by atoms with van der Waals surface area (Å²) in [6.07, 6.45) is 1.76. The minimum Gasteiger partial charge on any atom is -0.480 e. The minimum atomic E-state index is -0.683. The van der Waals surface area contributed by atoms with E-state index in [1.54, 1.807) is 0 Å². The van der Waals surface area contributed by atoms with Crippen LogP contribution in [0.1, 0.15) is 19.8 Å². The van der Waals surface area contributed by atoms with Crippen molar-refractivity contribution in [1.82, 2.24) is 9.80 Å². The lowest BCUT2D eigenvalue weighted by Gasteiger charge is -2.26. The second kappa shape index (κ2) is 5.32. The number of hydrogen-bond acceptors (Lipinski definition) is 3. The molecule has 1 aliphatic heterocycles. The lowest BCUT2D eigenvalue weighted by atomic mass is 10.2. The van der Waals surface area contributed by atoms with Gasteiger partial charge in [0, 0.05) is 19.6 Å². The highest BCUT2D eigenvalue weighted by Crippen LogP contribution is 2.09. The highest BCUT2D eigenvalue weighted by Gasteiger charge is 2.24. The predicted octanol–water partition coefficient (Wildman–Crippen LogP) is 0.487. The van der Waals surface area contributed by atoms with Gasteiger partial charge in [-0.25, -0.2) is 0 Å². The summed E-state index contributed by atoms with van der Waals surface area (Å²) in [5.74, 6) is -0.683. The molecule has 1 unspecified atom stereocenters. The fraction of sp³-hybridized carbons (Fsp3) is 0.900. The Kier molecular flexibility index (Phi) is 4.35. The number of rotatable bonds is 3. The van der Waals surface area contributed by atoms with Gasteiger partial charge < -0.3 is 10.0 Å². The smallest absolute Gasteiger partial charge is 0.320 e. The number of hydrogen-bond donors (Lipinski definition) is 1. The molecule has 0 aromatic heterocycles. The van der Waals surface area contributed by atoms with Gasteiger partial charge in [0.1, 0.15) is 6.04 Å². The van der Waals surface area contributed by atoms with Crippen LogP contribution in [0.25, 0.3) is 0 Å². The van der Waals surface area contributed by atoms with Crippen molar-refractivity contribution in [3.8, 4) is 0 Å². The Morgan fingerprint density at radius 1 is 1.36 bits per heavy atom. The van der Waals surface area contributed by atoms with Crippen molar-refractivity contribution >= 4 is 5.97 Å². The van der Waals surface area contributed by atoms with Gasteiger partial charge in [0.15, 0.2) is 0 Å². The first-order chi connectivity index (χ1) is 6.65. The second-order valence-corrected chi connectivity index (χ2v) is 3.96. The minimum absolute atomic E-state index is 0.290. The number of carbonyl (C=O) groups is 1. The molecule has 1 heterocycles. The van der Waals surface area contributed by atoms with Crippen molar-refractivity contribution < 1.29 is 9.90 Å². The summed E-state index contributed by atoms with van der Waals surface area (Å²) in [5, 5.41) is 9.03. The van der Waals surface area contributed by atoms with Gasteiger partial charge in [0.05, 0.1) is 0 Å². The number of likely N-dealkylation sites (N-methyl/N-ethyl adjacent to an activating group) is 1. The van der Waals surface area contributed by atoms with Crippen LogP contribution < -0.4 is 0 Å². The summed E-state index contributed by atoms with van der Waals surface area (Å²) >= 11 is 0. The number of carboxylic acid groups (broad SMARTS) is 1. The molecule has 1 saturated heterocycles. The molecule has 0 aromatic rings. The van der Waals surface area contributed by atoms with Crippen molar-refractivity contribution in [1.29, 1.82) is 0 Å². The van der Waals surface area contributed by atoms with Crippen LogP contribution in [0.4, 0.5) is 0 Å². The quantitative estimate of drug-likeness (QED) is 0.720. The van der Waals surface area contributed by atoms with E-state index >= 15 is 0 Å². The van der Waals surface area contributed by atoms with Crippen LogP contribution in [0.5, 0.6) is 0 Å². The van der Waals surface area contributed by atoms with Crippen molar-refractivity contribution in [2.45, 2.75) is 25.8 Å². The maximum atomic E-state index is 11.0. The molecule has 1 rings (SSSR count). The highest BCUT2D eigenvalue weighted by molar-refractivity contribution is 5.73. The first kappa shape index (κ1) is 11.5. The Balaban J connectivity index is 2.53. The van der Waals surface area contributed by atoms with E-state index in [0.29, 0.717) is 6.42 Å². The van der Waals surface area contributed by atoms with E-state index in [9.17, 15) is 4.79 Å². The third-order valence-electron chi connectivity index (χ3n) is 2.87. The van der Waals surface area contributed by atoms with Gasteiger partial charge in [0.2, 0.25) is 0 Å². The van der Waals surface area contributed by atoms with Crippen molar-refractivity contribution in [3.05, 3.63) is 0 Å². The molecule has 0 saturated carbocycles. The average molecular weight is 200 g/mol. The van der Waals surface area contributed by atoms with Gasteiger partial charge in [-0.05, 0) is 26.4 Å². The summed E-state index contributed by atoms with van der Waals surface area (Å²) in [7, 11) is 2.09. The molecule has 0 radical (unpaired) electrons. The first-order valence-electron chi connectivity index (χ1n) is 5.30. The summed E-state index contributed by atoms with van der Waals surface area (Å²) in [5.41, 5.74) is 0. The lowest BCUT2D eigenvalue weighted by molar-refractivity contribution is -0.143. The topological polar surface area (TPSA) is 43.8 Å². The molecule has 0 amide bonds. The molecule has 1 N–H and O–H groups in total. The molecule has 1 fully saturated rings. The lowest BCUT2D eigenvalue weighted by Crippen LogP contribution is -2.42. The second-order valence-electron chi connectivity index (χ2n) is 3.96. The molecule has 0 spiro atoms. The van der Waals surface area contributed by atoms with Crippen molar-refractivity contribution in [2.75, 3.05) is 33.2 Å². The van der Waals surface area contributed by atoms with E-state index in [1.165, 1.54) is 0 Å². The molecular formula is C10H20N2O2. The van der Waals surface area contributed by atoms with Gasteiger partial charge in [0.25, 0.3) is 0 Å². The summed E-state index contributed by atoms with van der Waals surface area (Å²) in [6, 6.07) is -0.290. The van der Waals surface area contributed by atoms with E-state index in [4.69, 9.17) is 5.11 Å². The van der Waals surface area contributed by atoms with E-state index < -0.39 is 5.97 Å². The van der Waals surface area contributed by atoms with E-state index in [-0.39, 0.29) is 6.04 Å². The first-order valence-corrected chi connectivity index (χ1v) is 5.30. The Morgan fingerprint density at radius 3 is 2.64 bits per heavy atom. The zero-order valence-corrected chi connectivity index (χ0v) is 9.07. The maximum Gasteiger partial charge on any atom is 0.320 e. The van der Waals surface area contributed by atoms with Crippen LogP contribution in [0.3, 0.4) is 0 Å². The van der Waals surface area contributed by atoms with Crippen LogP contribution in [0.15, 0.2) is 0 Å². The van der Waals surface area contributed by atoms with E-state index in [0.717, 1.165) is 32.6 Å². The summed E-state index contributed by atoms with van der Waals surface area (Å²) < 4.78 is 0. The highest BCUT2D eigenvalue weighted by atomic mass is 16.4. The Morgan fingerprint density at radius 2 is 2.07 bits per heavy atom. The fourth-order valence-corrected chi connectivity index (χ4v) is 1.97. The van der Waals surface area contributed by atoms with E-state index in [2.05, 4.69) is 16.8 Å². The third kappa shape index (κ3) is 2.96. The van der Waals surface area contributed by atoms with Gasteiger partial charge in [-0.2, -0.15) is 0 Å². The number of aliphatic carboxylic acids is 1. The SMILES string of the molecule is CCC(C(=O)O)N1CCCN(C)CC1. The average Bonchev–Trinajstić information content (AvgIpc) is 2.32. The molecule has 4 nitrogen and oxygen atoms in total. The standard InChI is InChI=1S/C10H20N2O2/c1-3-9(10(13)14)12-6-4-5-11(2)7-8-12/h9H,3-8H2,1-2H3,(H,13,14). The van der Waals surface area contributed by atoms with Crippen molar-refractivity contribution in [3.63, 3.8) is 0 Å². The molecule has 0 bridgehead atoms. The number of nitrogens with zero attached hydrogens (tertiary/aromatic N) is 2. The zero-order chi connectivity index (χ0) is 10.6. The molecule has 14 heavy (non-hydrogen) atoms. The third-order valence-corrected chi connectivity index (χ3v) is 2.87. The van der Waals surface area contributed by atoms with Crippen LogP contribution in [-0.2, 0) is 4.79 Å². The van der Waals surface area contributed by atoms with Crippen LogP contribution in [0, 0.1) is 0 Å². The Bertz CT molecular complexity index is 197. The predicted molar refractivity (Wildman–Crippen MR) is 55.4 cm³/mol. The van der Waals surface area contributed by atoms with Crippen LogP contribution in [0.2, 0.25) is 0 Å². The fourth-order valence-electron chi connectivity index (χ4n) is 1.97. The largest absolute Gasteiger partial charge is 0.480 e. The van der Waals surface area contributed by atoms with Crippen LogP contribution >= 0.6 is 0 Å². The normalized spacial score (nSPS) is 23.0. The van der Waals surface area contributed by atoms with Gasteiger partial charge in [-0.3, -0.25) is 9.69 Å². The van der Waals surface area contributed by atoms with Gasteiger partial charge >= 0.3 is 5.97 Å². The Hall–Kier alpha value is -0.610. The molecule has 0 aliphatic carbocycles.